The third-order valence-corrected chi connectivity index (χ3v) is 5.38. The molecule has 7 heteroatoms. The van der Waals surface area contributed by atoms with E-state index >= 15 is 0 Å². The average Bonchev–Trinajstić information content (AvgIpc) is 2.69. The Balaban J connectivity index is 1.52. The maximum Gasteiger partial charge on any atom is 0.257 e. The van der Waals surface area contributed by atoms with Crippen LogP contribution in [0.4, 0.5) is 11.6 Å². The zero-order chi connectivity index (χ0) is 18.8. The van der Waals surface area contributed by atoms with Crippen LogP contribution in [-0.4, -0.2) is 16.5 Å². The molecule has 0 saturated carbocycles. The molecule has 2 heterocycles. The Morgan fingerprint density at radius 2 is 1.93 bits per heavy atom. The van der Waals surface area contributed by atoms with Crippen molar-refractivity contribution in [2.45, 2.75) is 19.5 Å². The predicted molar refractivity (Wildman–Crippen MR) is 110 cm³/mol. The number of anilines is 2. The molecule has 0 saturated heterocycles. The van der Waals surface area contributed by atoms with Crippen molar-refractivity contribution in [2.75, 3.05) is 16.8 Å². The summed E-state index contributed by atoms with van der Waals surface area (Å²) >= 11 is 12.1. The largest absolute Gasteiger partial charge is 0.366 e. The molecule has 5 nitrogen and oxygen atoms in total. The van der Waals surface area contributed by atoms with Crippen LogP contribution in [0.1, 0.15) is 16.8 Å². The molecule has 138 valence electrons. The average molecular weight is 401 g/mol. The lowest BCUT2D eigenvalue weighted by molar-refractivity contribution is 0.698. The zero-order valence-electron chi connectivity index (χ0n) is 14.5. The summed E-state index contributed by atoms with van der Waals surface area (Å²) in [5.74, 6) is 0.505. The standard InChI is InChI=1S/C20H18Cl2N4O/c21-16-7-6-14(10-17(16)22)26-9-8-18-15(12-26)19(27)25-20(24-18)23-11-13-4-2-1-3-5-13/h1-7,10H,8-9,11-12H2,(H2,23,24,25,27). The van der Waals surface area contributed by atoms with Crippen molar-refractivity contribution in [3.05, 3.63) is 85.8 Å². The van der Waals surface area contributed by atoms with Crippen molar-refractivity contribution >= 4 is 34.8 Å². The van der Waals surface area contributed by atoms with Gasteiger partial charge in [-0.2, -0.15) is 0 Å². The minimum absolute atomic E-state index is 0.111. The van der Waals surface area contributed by atoms with E-state index in [-0.39, 0.29) is 5.56 Å². The molecule has 3 aromatic rings. The molecule has 0 radical (unpaired) electrons. The van der Waals surface area contributed by atoms with Gasteiger partial charge in [0, 0.05) is 25.2 Å². The van der Waals surface area contributed by atoms with Gasteiger partial charge in [-0.25, -0.2) is 4.98 Å². The number of fused-ring (bicyclic) bond motifs is 1. The summed E-state index contributed by atoms with van der Waals surface area (Å²) in [6, 6.07) is 15.5. The van der Waals surface area contributed by atoms with Crippen molar-refractivity contribution < 1.29 is 0 Å². The third kappa shape index (κ3) is 3.94. The van der Waals surface area contributed by atoms with E-state index in [9.17, 15) is 4.79 Å². The van der Waals surface area contributed by atoms with E-state index in [1.807, 2.05) is 42.5 Å². The van der Waals surface area contributed by atoms with Gasteiger partial charge in [-0.15, -0.1) is 0 Å². The Bertz CT molecular complexity index is 1020. The van der Waals surface area contributed by atoms with Crippen LogP contribution in [0, 0.1) is 0 Å². The number of hydrogen-bond acceptors (Lipinski definition) is 4. The Morgan fingerprint density at radius 1 is 1.11 bits per heavy atom. The molecule has 2 N–H and O–H groups in total. The lowest BCUT2D eigenvalue weighted by atomic mass is 10.1. The second-order valence-corrected chi connectivity index (χ2v) is 7.26. The summed E-state index contributed by atoms with van der Waals surface area (Å²) in [6.45, 7) is 1.87. The maximum atomic E-state index is 12.6. The van der Waals surface area contributed by atoms with E-state index < -0.39 is 0 Å². The first-order chi connectivity index (χ1) is 13.1. The Kier molecular flexibility index (Phi) is 5.05. The highest BCUT2D eigenvalue weighted by atomic mass is 35.5. The minimum Gasteiger partial charge on any atom is -0.366 e. The molecular formula is C20H18Cl2N4O. The highest BCUT2D eigenvalue weighted by Crippen LogP contribution is 2.29. The number of nitrogens with one attached hydrogen (secondary N) is 2. The molecule has 0 aliphatic carbocycles. The van der Waals surface area contributed by atoms with Crippen molar-refractivity contribution in [3.63, 3.8) is 0 Å². The monoisotopic (exact) mass is 400 g/mol. The number of aromatic amines is 1. The number of H-pyrrole nitrogens is 1. The molecule has 0 bridgehead atoms. The minimum atomic E-state index is -0.111. The van der Waals surface area contributed by atoms with Gasteiger partial charge in [0.05, 0.1) is 27.8 Å². The van der Waals surface area contributed by atoms with E-state index in [4.69, 9.17) is 23.2 Å². The van der Waals surface area contributed by atoms with Gasteiger partial charge in [-0.1, -0.05) is 53.5 Å². The molecule has 2 aromatic carbocycles. The molecule has 1 aliphatic rings. The topological polar surface area (TPSA) is 61.0 Å². The molecule has 0 spiro atoms. The highest BCUT2D eigenvalue weighted by molar-refractivity contribution is 6.42. The fraction of sp³-hybridized carbons (Fsp3) is 0.200. The van der Waals surface area contributed by atoms with E-state index in [2.05, 4.69) is 20.2 Å². The van der Waals surface area contributed by atoms with Crippen molar-refractivity contribution in [1.29, 1.82) is 0 Å². The lowest BCUT2D eigenvalue weighted by Crippen LogP contribution is -2.36. The van der Waals surface area contributed by atoms with E-state index in [1.165, 1.54) is 0 Å². The fourth-order valence-corrected chi connectivity index (χ4v) is 3.48. The fourth-order valence-electron chi connectivity index (χ4n) is 3.19. The van der Waals surface area contributed by atoms with Crippen molar-refractivity contribution in [3.8, 4) is 0 Å². The quantitative estimate of drug-likeness (QED) is 0.686. The van der Waals surface area contributed by atoms with Gasteiger partial charge in [0.1, 0.15) is 0 Å². The second-order valence-electron chi connectivity index (χ2n) is 6.45. The number of halogens is 2. The predicted octanol–water partition coefficient (Wildman–Crippen LogP) is 4.25. The Hall–Kier alpha value is -2.50. The smallest absolute Gasteiger partial charge is 0.257 e. The molecule has 0 atom stereocenters. The first-order valence-electron chi connectivity index (χ1n) is 8.70. The van der Waals surface area contributed by atoms with Gasteiger partial charge < -0.3 is 10.2 Å². The first-order valence-corrected chi connectivity index (χ1v) is 9.45. The van der Waals surface area contributed by atoms with Crippen LogP contribution in [0.5, 0.6) is 0 Å². The summed E-state index contributed by atoms with van der Waals surface area (Å²) in [6.07, 6.45) is 0.694. The van der Waals surface area contributed by atoms with Crippen LogP contribution >= 0.6 is 23.2 Å². The van der Waals surface area contributed by atoms with E-state index in [0.29, 0.717) is 41.1 Å². The van der Waals surface area contributed by atoms with Crippen molar-refractivity contribution in [2.24, 2.45) is 0 Å². The molecule has 1 aliphatic heterocycles. The number of nitrogens with zero attached hydrogens (tertiary/aromatic N) is 2. The molecule has 0 amide bonds. The van der Waals surface area contributed by atoms with Gasteiger partial charge in [-0.3, -0.25) is 9.78 Å². The Morgan fingerprint density at radius 3 is 2.70 bits per heavy atom. The molecule has 4 rings (SSSR count). The summed E-state index contributed by atoms with van der Waals surface area (Å²) in [7, 11) is 0. The summed E-state index contributed by atoms with van der Waals surface area (Å²) in [5, 5.41) is 4.22. The third-order valence-electron chi connectivity index (χ3n) is 4.64. The van der Waals surface area contributed by atoms with Crippen LogP contribution < -0.4 is 15.8 Å². The maximum absolute atomic E-state index is 12.6. The lowest BCUT2D eigenvalue weighted by Gasteiger charge is -2.30. The second kappa shape index (κ2) is 7.62. The molecule has 27 heavy (non-hydrogen) atoms. The molecule has 0 fully saturated rings. The molecule has 0 unspecified atom stereocenters. The van der Waals surface area contributed by atoms with E-state index in [0.717, 1.165) is 23.5 Å². The molecular weight excluding hydrogens is 383 g/mol. The highest BCUT2D eigenvalue weighted by Gasteiger charge is 2.22. The van der Waals surface area contributed by atoms with E-state index in [1.54, 1.807) is 6.07 Å². The van der Waals surface area contributed by atoms with Crippen LogP contribution in [0.25, 0.3) is 0 Å². The van der Waals surface area contributed by atoms with Gasteiger partial charge in [0.15, 0.2) is 0 Å². The first kappa shape index (κ1) is 17.9. The summed E-state index contributed by atoms with van der Waals surface area (Å²) in [4.78, 5) is 22.1. The van der Waals surface area contributed by atoms with Crippen LogP contribution in [0.3, 0.4) is 0 Å². The van der Waals surface area contributed by atoms with Crippen molar-refractivity contribution in [1.82, 2.24) is 9.97 Å². The van der Waals surface area contributed by atoms with Gasteiger partial charge in [0.25, 0.3) is 5.56 Å². The number of aromatic nitrogens is 2. The van der Waals surface area contributed by atoms with Gasteiger partial charge in [-0.05, 0) is 23.8 Å². The van der Waals surface area contributed by atoms with Gasteiger partial charge >= 0.3 is 0 Å². The molecule has 1 aromatic heterocycles. The summed E-state index contributed by atoms with van der Waals surface area (Å²) in [5.41, 5.74) is 3.49. The van der Waals surface area contributed by atoms with Gasteiger partial charge in [0.2, 0.25) is 5.95 Å². The number of benzene rings is 2. The Labute approximate surface area is 167 Å². The van der Waals surface area contributed by atoms with Crippen LogP contribution in [0.15, 0.2) is 53.3 Å². The number of hydrogen-bond donors (Lipinski definition) is 2. The van der Waals surface area contributed by atoms with Crippen LogP contribution in [0.2, 0.25) is 10.0 Å². The summed E-state index contributed by atoms with van der Waals surface area (Å²) < 4.78 is 0. The normalized spacial score (nSPS) is 13.3. The van der Waals surface area contributed by atoms with Crippen LogP contribution in [-0.2, 0) is 19.5 Å². The number of rotatable bonds is 4. The zero-order valence-corrected chi connectivity index (χ0v) is 16.0. The SMILES string of the molecule is O=c1[nH]c(NCc2ccccc2)nc2c1CN(c1ccc(Cl)c(Cl)c1)CC2.